The lowest BCUT2D eigenvalue weighted by Crippen LogP contribution is -2.08. The van der Waals surface area contributed by atoms with Crippen molar-refractivity contribution in [2.75, 3.05) is 11.5 Å². The average Bonchev–Trinajstić information content (AvgIpc) is 2.20. The van der Waals surface area contributed by atoms with Gasteiger partial charge >= 0.3 is 0 Å². The Morgan fingerprint density at radius 2 is 1.85 bits per heavy atom. The van der Waals surface area contributed by atoms with Crippen LogP contribution in [0.15, 0.2) is 24.3 Å². The lowest BCUT2D eigenvalue weighted by atomic mass is 9.90. The Bertz CT molecular complexity index is 274. The molecule has 0 unspecified atom stereocenters. The molecule has 0 saturated carbocycles. The van der Waals surface area contributed by atoms with E-state index in [1.807, 2.05) is 0 Å². The van der Waals surface area contributed by atoms with Gasteiger partial charge in [-0.1, -0.05) is 24.3 Å². The second-order valence-corrected chi connectivity index (χ2v) is 4.97. The van der Waals surface area contributed by atoms with Gasteiger partial charge in [0.1, 0.15) is 0 Å². The molecule has 0 aromatic heterocycles. The first kappa shape index (κ1) is 9.14. The van der Waals surface area contributed by atoms with Gasteiger partial charge in [-0.25, -0.2) is 0 Å². The largest absolute Gasteiger partial charge is 0.162 e. The minimum Gasteiger partial charge on any atom is -0.162 e. The summed E-state index contributed by atoms with van der Waals surface area (Å²) in [5.41, 5.74) is 3.06. The molecule has 1 heteroatoms. The van der Waals surface area contributed by atoms with E-state index in [0.717, 1.165) is 5.92 Å². The minimum absolute atomic E-state index is 0.836. The molecule has 1 aliphatic rings. The van der Waals surface area contributed by atoms with Crippen molar-refractivity contribution in [2.24, 2.45) is 0 Å². The molecule has 1 heterocycles. The third-order valence-corrected chi connectivity index (χ3v) is 3.90. The summed E-state index contributed by atoms with van der Waals surface area (Å²) < 4.78 is 0. The molecule has 1 saturated heterocycles. The quantitative estimate of drug-likeness (QED) is 0.655. The van der Waals surface area contributed by atoms with E-state index in [4.69, 9.17) is 0 Å². The smallest absolute Gasteiger partial charge is 0.00617 e. The lowest BCUT2D eigenvalue weighted by molar-refractivity contribution is 0.634. The first-order valence-electron chi connectivity index (χ1n) is 5.01. The van der Waals surface area contributed by atoms with Crippen LogP contribution in [0.2, 0.25) is 0 Å². The first-order valence-corrected chi connectivity index (χ1v) is 6.16. The minimum atomic E-state index is 0.836. The molecular weight excluding hydrogens is 176 g/mol. The van der Waals surface area contributed by atoms with Crippen molar-refractivity contribution in [1.82, 2.24) is 0 Å². The zero-order valence-electron chi connectivity index (χ0n) is 8.12. The van der Waals surface area contributed by atoms with Crippen LogP contribution < -0.4 is 0 Å². The van der Waals surface area contributed by atoms with Gasteiger partial charge in [0.15, 0.2) is 0 Å². The van der Waals surface area contributed by atoms with E-state index in [1.165, 1.54) is 29.9 Å². The van der Waals surface area contributed by atoms with Crippen LogP contribution in [0.5, 0.6) is 0 Å². The molecule has 13 heavy (non-hydrogen) atoms. The standard InChI is InChI=1S/C12H16S/c1-10-4-2-3-5-12(10)11-6-8-13-9-7-11/h2-5,11H,6-9H2,1H3. The van der Waals surface area contributed by atoms with E-state index in [1.54, 1.807) is 5.56 Å². The highest BCUT2D eigenvalue weighted by Crippen LogP contribution is 2.32. The number of hydrogen-bond donors (Lipinski definition) is 0. The van der Waals surface area contributed by atoms with E-state index in [9.17, 15) is 0 Å². The Hall–Kier alpha value is -0.430. The Labute approximate surface area is 84.7 Å². The fourth-order valence-corrected chi connectivity index (χ4v) is 3.16. The van der Waals surface area contributed by atoms with E-state index in [2.05, 4.69) is 43.0 Å². The number of rotatable bonds is 1. The average molecular weight is 192 g/mol. The number of thioether (sulfide) groups is 1. The summed E-state index contributed by atoms with van der Waals surface area (Å²) in [6, 6.07) is 8.84. The molecule has 1 aromatic rings. The van der Waals surface area contributed by atoms with Crippen LogP contribution in [0.4, 0.5) is 0 Å². The molecule has 0 bridgehead atoms. The molecule has 70 valence electrons. The molecule has 0 atom stereocenters. The second kappa shape index (κ2) is 4.19. The summed E-state index contributed by atoms with van der Waals surface area (Å²) in [4.78, 5) is 0. The van der Waals surface area contributed by atoms with E-state index in [-0.39, 0.29) is 0 Å². The molecule has 0 radical (unpaired) electrons. The third-order valence-electron chi connectivity index (χ3n) is 2.85. The Kier molecular flexibility index (Phi) is 2.94. The van der Waals surface area contributed by atoms with E-state index in [0.29, 0.717) is 0 Å². The van der Waals surface area contributed by atoms with Crippen molar-refractivity contribution in [3.63, 3.8) is 0 Å². The highest BCUT2D eigenvalue weighted by atomic mass is 32.2. The zero-order chi connectivity index (χ0) is 9.10. The predicted molar refractivity (Wildman–Crippen MR) is 60.5 cm³/mol. The maximum atomic E-state index is 2.30. The molecule has 2 rings (SSSR count). The van der Waals surface area contributed by atoms with Crippen molar-refractivity contribution < 1.29 is 0 Å². The van der Waals surface area contributed by atoms with Gasteiger partial charge < -0.3 is 0 Å². The maximum Gasteiger partial charge on any atom is -0.00617 e. The van der Waals surface area contributed by atoms with Crippen LogP contribution >= 0.6 is 11.8 Å². The molecule has 1 aromatic carbocycles. The van der Waals surface area contributed by atoms with Gasteiger partial charge in [-0.2, -0.15) is 11.8 Å². The van der Waals surface area contributed by atoms with Gasteiger partial charge in [0.2, 0.25) is 0 Å². The fourth-order valence-electron chi connectivity index (χ4n) is 2.05. The van der Waals surface area contributed by atoms with E-state index >= 15 is 0 Å². The van der Waals surface area contributed by atoms with Gasteiger partial charge in [-0.05, 0) is 48.3 Å². The Morgan fingerprint density at radius 3 is 2.54 bits per heavy atom. The highest BCUT2D eigenvalue weighted by Gasteiger charge is 2.16. The van der Waals surface area contributed by atoms with Crippen molar-refractivity contribution in [3.05, 3.63) is 35.4 Å². The fraction of sp³-hybridized carbons (Fsp3) is 0.500. The number of aryl methyl sites for hydroxylation is 1. The van der Waals surface area contributed by atoms with E-state index < -0.39 is 0 Å². The van der Waals surface area contributed by atoms with Crippen molar-refractivity contribution in [2.45, 2.75) is 25.7 Å². The maximum absolute atomic E-state index is 2.30. The predicted octanol–water partition coefficient (Wildman–Crippen LogP) is 3.61. The summed E-state index contributed by atoms with van der Waals surface area (Å²) in [6.07, 6.45) is 2.74. The molecular formula is C12H16S. The van der Waals surface area contributed by atoms with Gasteiger partial charge in [0, 0.05) is 0 Å². The van der Waals surface area contributed by atoms with Crippen LogP contribution in [-0.4, -0.2) is 11.5 Å². The molecule has 1 fully saturated rings. The molecule has 1 aliphatic heterocycles. The van der Waals surface area contributed by atoms with Crippen LogP contribution in [0.1, 0.15) is 29.9 Å². The summed E-state index contributed by atoms with van der Waals surface area (Å²) in [7, 11) is 0. The molecule has 0 N–H and O–H groups in total. The number of hydrogen-bond acceptors (Lipinski definition) is 1. The van der Waals surface area contributed by atoms with Crippen LogP contribution in [-0.2, 0) is 0 Å². The normalized spacial score (nSPS) is 18.8. The van der Waals surface area contributed by atoms with Gasteiger partial charge in [-0.3, -0.25) is 0 Å². The molecule has 0 spiro atoms. The molecule has 0 aliphatic carbocycles. The Morgan fingerprint density at radius 1 is 1.15 bits per heavy atom. The first-order chi connectivity index (χ1) is 6.38. The molecule has 0 nitrogen and oxygen atoms in total. The summed E-state index contributed by atoms with van der Waals surface area (Å²) in [6.45, 7) is 2.23. The van der Waals surface area contributed by atoms with Crippen molar-refractivity contribution in [3.8, 4) is 0 Å². The van der Waals surface area contributed by atoms with Gasteiger partial charge in [0.05, 0.1) is 0 Å². The highest BCUT2D eigenvalue weighted by molar-refractivity contribution is 7.99. The third kappa shape index (κ3) is 2.08. The molecule has 0 amide bonds. The number of benzene rings is 1. The van der Waals surface area contributed by atoms with Gasteiger partial charge in [-0.15, -0.1) is 0 Å². The topological polar surface area (TPSA) is 0 Å². The van der Waals surface area contributed by atoms with Crippen LogP contribution in [0.3, 0.4) is 0 Å². The van der Waals surface area contributed by atoms with Gasteiger partial charge in [0.25, 0.3) is 0 Å². The monoisotopic (exact) mass is 192 g/mol. The SMILES string of the molecule is Cc1ccccc1C1CCSCC1. The lowest BCUT2D eigenvalue weighted by Gasteiger charge is -2.23. The zero-order valence-corrected chi connectivity index (χ0v) is 8.94. The summed E-state index contributed by atoms with van der Waals surface area (Å²) >= 11 is 2.10. The second-order valence-electron chi connectivity index (χ2n) is 3.74. The van der Waals surface area contributed by atoms with Crippen molar-refractivity contribution in [1.29, 1.82) is 0 Å². The van der Waals surface area contributed by atoms with Crippen molar-refractivity contribution >= 4 is 11.8 Å². The Balaban J connectivity index is 2.18. The summed E-state index contributed by atoms with van der Waals surface area (Å²) in [5.74, 6) is 3.53. The summed E-state index contributed by atoms with van der Waals surface area (Å²) in [5, 5.41) is 0. The van der Waals surface area contributed by atoms with Crippen LogP contribution in [0, 0.1) is 6.92 Å². The van der Waals surface area contributed by atoms with Crippen LogP contribution in [0.25, 0.3) is 0 Å².